The average molecular weight is 438 g/mol. The number of carbonyl (C=O) groups is 1. The lowest BCUT2D eigenvalue weighted by Gasteiger charge is -2.09. The summed E-state index contributed by atoms with van der Waals surface area (Å²) in [7, 11) is 1.60. The summed E-state index contributed by atoms with van der Waals surface area (Å²) >= 11 is 0. The molecule has 0 atom stereocenters. The summed E-state index contributed by atoms with van der Waals surface area (Å²) in [5.41, 5.74) is 4.36. The van der Waals surface area contributed by atoms with E-state index in [1.165, 1.54) is 6.07 Å². The molecule has 3 aromatic carbocycles. The van der Waals surface area contributed by atoms with Crippen LogP contribution in [-0.2, 0) is 11.3 Å². The SMILES string of the molecule is COc1ccc(-c2cc(=O)n3c4ccccc4n(CC(=O)Nc4cccc(C)c4)c3n2)cc1. The Kier molecular flexibility index (Phi) is 5.14. The molecule has 0 aliphatic heterocycles. The predicted octanol–water partition coefficient (Wildman–Crippen LogP) is 4.27. The maximum absolute atomic E-state index is 13.1. The molecule has 7 nitrogen and oxygen atoms in total. The molecule has 164 valence electrons. The molecule has 5 rings (SSSR count). The van der Waals surface area contributed by atoms with E-state index in [-0.39, 0.29) is 18.0 Å². The number of anilines is 1. The van der Waals surface area contributed by atoms with Crippen LogP contribution in [0.3, 0.4) is 0 Å². The van der Waals surface area contributed by atoms with E-state index in [9.17, 15) is 9.59 Å². The van der Waals surface area contributed by atoms with Crippen LogP contribution in [0.15, 0.2) is 83.7 Å². The van der Waals surface area contributed by atoms with Gasteiger partial charge in [0.15, 0.2) is 0 Å². The molecule has 0 aliphatic carbocycles. The molecule has 2 aromatic heterocycles. The third kappa shape index (κ3) is 3.85. The lowest BCUT2D eigenvalue weighted by atomic mass is 10.1. The van der Waals surface area contributed by atoms with Crippen molar-refractivity contribution in [1.29, 1.82) is 0 Å². The van der Waals surface area contributed by atoms with Crippen molar-refractivity contribution in [3.63, 3.8) is 0 Å². The van der Waals surface area contributed by atoms with E-state index in [2.05, 4.69) is 5.32 Å². The first-order chi connectivity index (χ1) is 16.0. The van der Waals surface area contributed by atoms with Crippen molar-refractivity contribution in [2.75, 3.05) is 12.4 Å². The molecule has 0 fully saturated rings. The number of aryl methyl sites for hydroxylation is 1. The highest BCUT2D eigenvalue weighted by atomic mass is 16.5. The van der Waals surface area contributed by atoms with Crippen LogP contribution in [0.5, 0.6) is 5.75 Å². The summed E-state index contributed by atoms with van der Waals surface area (Å²) < 4.78 is 8.54. The largest absolute Gasteiger partial charge is 0.497 e. The Morgan fingerprint density at radius 1 is 0.970 bits per heavy atom. The van der Waals surface area contributed by atoms with Crippen LogP contribution < -0.4 is 15.6 Å². The lowest BCUT2D eigenvalue weighted by Crippen LogP contribution is -2.20. The number of nitrogens with one attached hydrogen (secondary N) is 1. The Bertz CT molecular complexity index is 1550. The second kappa shape index (κ2) is 8.27. The minimum absolute atomic E-state index is 0.0173. The van der Waals surface area contributed by atoms with Gasteiger partial charge in [0.05, 0.1) is 23.8 Å². The first-order valence-electron chi connectivity index (χ1n) is 10.6. The van der Waals surface area contributed by atoms with Crippen molar-refractivity contribution in [1.82, 2.24) is 14.0 Å². The van der Waals surface area contributed by atoms with Crippen LogP contribution >= 0.6 is 0 Å². The molecular formula is C26H22N4O3. The van der Waals surface area contributed by atoms with Crippen LogP contribution in [-0.4, -0.2) is 27.0 Å². The van der Waals surface area contributed by atoms with E-state index >= 15 is 0 Å². The molecule has 33 heavy (non-hydrogen) atoms. The fraction of sp³-hybridized carbons (Fsp3) is 0.115. The van der Waals surface area contributed by atoms with Crippen molar-refractivity contribution in [2.24, 2.45) is 0 Å². The molecule has 0 aliphatic rings. The number of rotatable bonds is 5. The van der Waals surface area contributed by atoms with Gasteiger partial charge >= 0.3 is 0 Å². The third-order valence-electron chi connectivity index (χ3n) is 5.55. The first-order valence-corrected chi connectivity index (χ1v) is 10.6. The van der Waals surface area contributed by atoms with Gasteiger partial charge in [0, 0.05) is 17.3 Å². The Morgan fingerprint density at radius 2 is 1.73 bits per heavy atom. The molecule has 1 amide bonds. The van der Waals surface area contributed by atoms with E-state index in [0.29, 0.717) is 17.0 Å². The number of benzene rings is 3. The number of fused-ring (bicyclic) bond motifs is 3. The van der Waals surface area contributed by atoms with Gasteiger partial charge in [-0.15, -0.1) is 0 Å². The van der Waals surface area contributed by atoms with Crippen molar-refractivity contribution in [3.8, 4) is 17.0 Å². The predicted molar refractivity (Wildman–Crippen MR) is 129 cm³/mol. The highest BCUT2D eigenvalue weighted by Gasteiger charge is 2.17. The fourth-order valence-electron chi connectivity index (χ4n) is 4.00. The van der Waals surface area contributed by atoms with Gasteiger partial charge < -0.3 is 14.6 Å². The third-order valence-corrected chi connectivity index (χ3v) is 5.55. The number of para-hydroxylation sites is 2. The molecular weight excluding hydrogens is 416 g/mol. The number of imidazole rings is 1. The van der Waals surface area contributed by atoms with E-state index in [1.54, 1.807) is 16.1 Å². The summed E-state index contributed by atoms with van der Waals surface area (Å²) in [6, 6.07) is 24.0. The number of nitrogens with zero attached hydrogens (tertiary/aromatic N) is 3. The molecule has 0 saturated heterocycles. The van der Waals surface area contributed by atoms with Crippen molar-refractivity contribution >= 4 is 28.4 Å². The topological polar surface area (TPSA) is 77.6 Å². The van der Waals surface area contributed by atoms with Gasteiger partial charge in [0.1, 0.15) is 12.3 Å². The minimum atomic E-state index is -0.208. The molecule has 0 radical (unpaired) electrons. The second-order valence-corrected chi connectivity index (χ2v) is 7.84. The van der Waals surface area contributed by atoms with Crippen molar-refractivity contribution < 1.29 is 9.53 Å². The number of amides is 1. The fourth-order valence-corrected chi connectivity index (χ4v) is 4.00. The highest BCUT2D eigenvalue weighted by Crippen LogP contribution is 2.23. The first kappa shape index (κ1) is 20.5. The van der Waals surface area contributed by atoms with Gasteiger partial charge in [-0.3, -0.25) is 9.59 Å². The smallest absolute Gasteiger partial charge is 0.260 e. The molecule has 0 unspecified atom stereocenters. The summed E-state index contributed by atoms with van der Waals surface area (Å²) in [4.78, 5) is 30.8. The second-order valence-electron chi connectivity index (χ2n) is 7.84. The van der Waals surface area contributed by atoms with Crippen LogP contribution in [0.2, 0.25) is 0 Å². The van der Waals surface area contributed by atoms with E-state index in [1.807, 2.05) is 79.7 Å². The zero-order chi connectivity index (χ0) is 22.9. The molecule has 0 bridgehead atoms. The Morgan fingerprint density at radius 3 is 2.45 bits per heavy atom. The number of hydrogen-bond acceptors (Lipinski definition) is 4. The van der Waals surface area contributed by atoms with Gasteiger partial charge in [0.2, 0.25) is 11.7 Å². The molecule has 0 spiro atoms. The summed E-state index contributed by atoms with van der Waals surface area (Å²) in [6.45, 7) is 1.99. The van der Waals surface area contributed by atoms with Gasteiger partial charge in [-0.1, -0.05) is 24.3 Å². The van der Waals surface area contributed by atoms with Gasteiger partial charge in [-0.25, -0.2) is 9.38 Å². The van der Waals surface area contributed by atoms with Gasteiger partial charge in [-0.05, 0) is 61.0 Å². The number of hydrogen-bond donors (Lipinski definition) is 1. The van der Waals surface area contributed by atoms with E-state index in [0.717, 1.165) is 28.1 Å². The number of ether oxygens (including phenoxy) is 1. The Balaban J connectivity index is 1.62. The monoisotopic (exact) mass is 438 g/mol. The minimum Gasteiger partial charge on any atom is -0.497 e. The quantitative estimate of drug-likeness (QED) is 0.445. The maximum atomic E-state index is 13.1. The molecule has 7 heteroatoms. The Hall–Kier alpha value is -4.39. The summed E-state index contributed by atoms with van der Waals surface area (Å²) in [5.74, 6) is 0.931. The van der Waals surface area contributed by atoms with Crippen LogP contribution in [0.4, 0.5) is 5.69 Å². The molecule has 0 saturated carbocycles. The molecule has 1 N–H and O–H groups in total. The Labute approximate surface area is 189 Å². The number of carbonyl (C=O) groups excluding carboxylic acids is 1. The number of aromatic nitrogens is 3. The standard InChI is InChI=1S/C26H22N4O3/c1-17-6-5-7-19(14-17)27-24(31)16-29-22-8-3-4-9-23(22)30-25(32)15-21(28-26(29)30)18-10-12-20(33-2)13-11-18/h3-15H,16H2,1-2H3,(H,27,31). The normalized spacial score (nSPS) is 11.1. The van der Waals surface area contributed by atoms with Crippen LogP contribution in [0.1, 0.15) is 5.56 Å². The van der Waals surface area contributed by atoms with Crippen LogP contribution in [0.25, 0.3) is 28.1 Å². The van der Waals surface area contributed by atoms with Crippen molar-refractivity contribution in [3.05, 3.63) is 94.8 Å². The highest BCUT2D eigenvalue weighted by molar-refractivity contribution is 5.92. The molecule has 2 heterocycles. The lowest BCUT2D eigenvalue weighted by molar-refractivity contribution is -0.116. The average Bonchev–Trinajstić information content (AvgIpc) is 3.13. The van der Waals surface area contributed by atoms with Gasteiger partial charge in [0.25, 0.3) is 5.56 Å². The molecule has 5 aromatic rings. The van der Waals surface area contributed by atoms with Crippen LogP contribution in [0, 0.1) is 6.92 Å². The summed E-state index contributed by atoms with van der Waals surface area (Å²) in [5, 5.41) is 2.94. The maximum Gasteiger partial charge on any atom is 0.260 e. The summed E-state index contributed by atoms with van der Waals surface area (Å²) in [6.07, 6.45) is 0. The van der Waals surface area contributed by atoms with Crippen molar-refractivity contribution in [2.45, 2.75) is 13.5 Å². The van der Waals surface area contributed by atoms with Gasteiger partial charge in [-0.2, -0.15) is 0 Å². The zero-order valence-electron chi connectivity index (χ0n) is 18.3. The van der Waals surface area contributed by atoms with E-state index in [4.69, 9.17) is 9.72 Å². The number of methoxy groups -OCH3 is 1. The zero-order valence-corrected chi connectivity index (χ0v) is 18.3. The van der Waals surface area contributed by atoms with E-state index < -0.39 is 0 Å².